The fraction of sp³-hybridized carbons (Fsp3) is 0.250. The number of aldehydes is 1. The molecule has 0 spiro atoms. The molecule has 2 aromatic carbocycles. The van der Waals surface area contributed by atoms with Gasteiger partial charge in [0.15, 0.2) is 0 Å². The lowest BCUT2D eigenvalue weighted by Crippen LogP contribution is -2.37. The Balaban J connectivity index is 2.23. The van der Waals surface area contributed by atoms with Crippen LogP contribution < -0.4 is 0 Å². The molecule has 0 fully saturated rings. The molecule has 0 N–H and O–H groups in total. The number of hydrogen-bond donors (Lipinski definition) is 0. The first kappa shape index (κ1) is 15.1. The van der Waals surface area contributed by atoms with Crippen molar-refractivity contribution in [3.8, 4) is 0 Å². The van der Waals surface area contributed by atoms with Crippen LogP contribution in [0.25, 0.3) is 0 Å². The summed E-state index contributed by atoms with van der Waals surface area (Å²) in [4.78, 5) is 11.3. The molecule has 0 aromatic heterocycles. The van der Waals surface area contributed by atoms with Crippen molar-refractivity contribution in [1.29, 1.82) is 0 Å². The molecule has 0 radical (unpaired) electrons. The third-order valence-corrected chi connectivity index (χ3v) is 6.04. The van der Waals surface area contributed by atoms with Crippen LogP contribution in [0.15, 0.2) is 72.3 Å². The largest absolute Gasteiger partial charge is 0.303 e. The highest BCUT2D eigenvalue weighted by atomic mass is 32.2. The Bertz CT molecular complexity index is 621. The summed E-state index contributed by atoms with van der Waals surface area (Å²) in [6.45, 7) is 2.16. The lowest BCUT2D eigenvalue weighted by atomic mass is 9.74. The highest BCUT2D eigenvalue weighted by molar-refractivity contribution is 8.00. The summed E-state index contributed by atoms with van der Waals surface area (Å²) in [5.74, 6) is 1.18. The van der Waals surface area contributed by atoms with E-state index in [0.29, 0.717) is 6.42 Å². The van der Waals surface area contributed by atoms with Crippen molar-refractivity contribution in [3.05, 3.63) is 83.4 Å². The SMILES string of the molecule is CC1=CCSC(c2ccccc2)(c2ccccc2)[C@H]1CC=O. The average molecular weight is 308 g/mol. The molecule has 2 aromatic rings. The Kier molecular flexibility index (Phi) is 4.49. The van der Waals surface area contributed by atoms with Crippen molar-refractivity contribution in [2.75, 3.05) is 5.75 Å². The summed E-state index contributed by atoms with van der Waals surface area (Å²) in [6.07, 6.45) is 3.89. The first-order valence-electron chi connectivity index (χ1n) is 7.64. The summed E-state index contributed by atoms with van der Waals surface area (Å²) in [5.41, 5.74) is 3.88. The third-order valence-electron chi connectivity index (χ3n) is 4.49. The number of thioether (sulfide) groups is 1. The smallest absolute Gasteiger partial charge is 0.120 e. The molecular weight excluding hydrogens is 288 g/mol. The maximum atomic E-state index is 11.3. The van der Waals surface area contributed by atoms with Crippen molar-refractivity contribution in [2.45, 2.75) is 18.1 Å². The predicted octanol–water partition coefficient (Wildman–Crippen LogP) is 4.83. The molecule has 1 nitrogen and oxygen atoms in total. The van der Waals surface area contributed by atoms with Gasteiger partial charge in [-0.1, -0.05) is 72.3 Å². The van der Waals surface area contributed by atoms with E-state index in [-0.39, 0.29) is 10.7 Å². The lowest BCUT2D eigenvalue weighted by Gasteiger charge is -2.44. The number of carbonyl (C=O) groups excluding carboxylic acids is 1. The number of allylic oxidation sites excluding steroid dienone is 1. The summed E-state index contributed by atoms with van der Waals surface area (Å²) in [6, 6.07) is 21.2. The van der Waals surface area contributed by atoms with Crippen LogP contribution in [0.1, 0.15) is 24.5 Å². The Labute approximate surface area is 136 Å². The number of hydrogen-bond acceptors (Lipinski definition) is 2. The van der Waals surface area contributed by atoms with Gasteiger partial charge in [-0.2, -0.15) is 0 Å². The molecule has 0 saturated heterocycles. The van der Waals surface area contributed by atoms with Gasteiger partial charge < -0.3 is 4.79 Å². The second-order valence-corrected chi connectivity index (χ2v) is 6.95. The molecule has 22 heavy (non-hydrogen) atoms. The minimum Gasteiger partial charge on any atom is -0.303 e. The Morgan fingerprint density at radius 2 is 1.59 bits per heavy atom. The second kappa shape index (κ2) is 6.53. The van der Waals surface area contributed by atoms with E-state index in [1.165, 1.54) is 16.7 Å². The summed E-state index contributed by atoms with van der Waals surface area (Å²) in [7, 11) is 0. The zero-order chi connectivity index (χ0) is 15.4. The van der Waals surface area contributed by atoms with Crippen LogP contribution >= 0.6 is 11.8 Å². The molecule has 0 bridgehead atoms. The fourth-order valence-corrected chi connectivity index (χ4v) is 5.12. The van der Waals surface area contributed by atoms with E-state index in [2.05, 4.69) is 61.5 Å². The number of carbonyl (C=O) groups is 1. The molecule has 0 amide bonds. The number of benzene rings is 2. The second-order valence-electron chi connectivity index (χ2n) is 5.68. The quantitative estimate of drug-likeness (QED) is 0.594. The molecule has 1 aliphatic heterocycles. The van der Waals surface area contributed by atoms with Crippen LogP contribution in [0.3, 0.4) is 0 Å². The van der Waals surface area contributed by atoms with Gasteiger partial charge in [0.05, 0.1) is 4.75 Å². The van der Waals surface area contributed by atoms with E-state index >= 15 is 0 Å². The minimum absolute atomic E-state index is 0.178. The van der Waals surface area contributed by atoms with Gasteiger partial charge >= 0.3 is 0 Å². The third kappa shape index (κ3) is 2.52. The molecule has 112 valence electrons. The molecule has 1 atom stereocenters. The Morgan fingerprint density at radius 1 is 1.05 bits per heavy atom. The first-order chi connectivity index (χ1) is 10.8. The van der Waals surface area contributed by atoms with Crippen molar-refractivity contribution in [2.24, 2.45) is 5.92 Å². The highest BCUT2D eigenvalue weighted by Gasteiger charge is 2.44. The van der Waals surface area contributed by atoms with Crippen LogP contribution in [0.5, 0.6) is 0 Å². The van der Waals surface area contributed by atoms with Crippen molar-refractivity contribution < 1.29 is 4.79 Å². The monoisotopic (exact) mass is 308 g/mol. The van der Waals surface area contributed by atoms with Crippen molar-refractivity contribution in [1.82, 2.24) is 0 Å². The highest BCUT2D eigenvalue weighted by Crippen LogP contribution is 2.54. The van der Waals surface area contributed by atoms with E-state index in [1.54, 1.807) is 0 Å². The van der Waals surface area contributed by atoms with Gasteiger partial charge in [-0.05, 0) is 18.1 Å². The van der Waals surface area contributed by atoms with Gasteiger partial charge in [-0.3, -0.25) is 0 Å². The zero-order valence-corrected chi connectivity index (χ0v) is 13.6. The molecule has 0 aliphatic carbocycles. The summed E-state index contributed by atoms with van der Waals surface area (Å²) in [5, 5.41) is 0. The average Bonchev–Trinajstić information content (AvgIpc) is 2.58. The number of rotatable bonds is 4. The summed E-state index contributed by atoms with van der Waals surface area (Å²) >= 11 is 1.93. The Morgan fingerprint density at radius 3 is 2.09 bits per heavy atom. The van der Waals surface area contributed by atoms with Gasteiger partial charge in [-0.25, -0.2) is 0 Å². The standard InChI is InChI=1S/C20H20OS/c1-16-13-15-22-20(19(16)12-14-21,17-8-4-2-5-9-17)18-10-6-3-7-11-18/h2-11,13-14,19H,12,15H2,1H3/t19-/m0/s1. The topological polar surface area (TPSA) is 17.1 Å². The molecule has 3 rings (SSSR count). The van der Waals surface area contributed by atoms with E-state index in [0.717, 1.165) is 12.0 Å². The van der Waals surface area contributed by atoms with E-state index in [9.17, 15) is 4.79 Å². The maximum Gasteiger partial charge on any atom is 0.120 e. The van der Waals surface area contributed by atoms with Gasteiger partial charge in [0.25, 0.3) is 0 Å². The summed E-state index contributed by atoms with van der Waals surface area (Å²) < 4.78 is -0.178. The molecule has 0 unspecified atom stereocenters. The molecule has 1 aliphatic rings. The van der Waals surface area contributed by atoms with Crippen molar-refractivity contribution in [3.63, 3.8) is 0 Å². The van der Waals surface area contributed by atoms with Gasteiger partial charge in [-0.15, -0.1) is 11.8 Å². The van der Waals surface area contributed by atoms with E-state index in [4.69, 9.17) is 0 Å². The first-order valence-corrected chi connectivity index (χ1v) is 8.63. The van der Waals surface area contributed by atoms with Crippen molar-refractivity contribution >= 4 is 18.0 Å². The molecule has 0 saturated carbocycles. The maximum absolute atomic E-state index is 11.3. The van der Waals surface area contributed by atoms with Crippen LogP contribution in [0.4, 0.5) is 0 Å². The Hall–Kier alpha value is -1.80. The van der Waals surface area contributed by atoms with Crippen LogP contribution in [0.2, 0.25) is 0 Å². The van der Waals surface area contributed by atoms with E-state index < -0.39 is 0 Å². The molecular formula is C20H20OS. The molecule has 2 heteroatoms. The fourth-order valence-electron chi connectivity index (χ4n) is 3.42. The van der Waals surface area contributed by atoms with Crippen LogP contribution in [-0.4, -0.2) is 12.0 Å². The lowest BCUT2D eigenvalue weighted by molar-refractivity contribution is -0.108. The van der Waals surface area contributed by atoms with Gasteiger partial charge in [0.2, 0.25) is 0 Å². The normalized spacial score (nSPS) is 20.2. The van der Waals surface area contributed by atoms with Gasteiger partial charge in [0, 0.05) is 18.1 Å². The zero-order valence-electron chi connectivity index (χ0n) is 12.7. The van der Waals surface area contributed by atoms with E-state index in [1.807, 2.05) is 23.9 Å². The van der Waals surface area contributed by atoms with Gasteiger partial charge in [0.1, 0.15) is 6.29 Å². The molecule has 1 heterocycles. The van der Waals surface area contributed by atoms with Crippen LogP contribution in [0, 0.1) is 5.92 Å². The minimum atomic E-state index is -0.178. The predicted molar refractivity (Wildman–Crippen MR) is 94.1 cm³/mol. The van der Waals surface area contributed by atoms with Crippen LogP contribution in [-0.2, 0) is 9.54 Å².